The van der Waals surface area contributed by atoms with Crippen LogP contribution in [0, 0.1) is 6.92 Å². The van der Waals surface area contributed by atoms with Crippen molar-refractivity contribution in [2.24, 2.45) is 0 Å². The molecule has 0 unspecified atom stereocenters. The number of likely N-dealkylation sites (tertiary alicyclic amines) is 1. The molecule has 0 saturated carbocycles. The minimum Gasteiger partial charge on any atom is -0.354 e. The molecule has 2 aliphatic heterocycles. The van der Waals surface area contributed by atoms with Crippen molar-refractivity contribution in [2.45, 2.75) is 12.8 Å². The lowest BCUT2D eigenvalue weighted by Gasteiger charge is -2.40. The molecule has 2 aromatic rings. The van der Waals surface area contributed by atoms with E-state index in [0.717, 1.165) is 45.1 Å². The van der Waals surface area contributed by atoms with Gasteiger partial charge in [-0.05, 0) is 37.2 Å². The normalized spacial score (nSPS) is 18.7. The Hall–Kier alpha value is -2.40. The number of hydrogen-bond acceptors (Lipinski definition) is 4. The second-order valence-corrected chi connectivity index (χ2v) is 7.43. The second-order valence-electron chi connectivity index (χ2n) is 7.43. The molecule has 1 amide bonds. The Balaban J connectivity index is 1.42. The second kappa shape index (κ2) is 7.08. The Kier molecular flexibility index (Phi) is 4.64. The molecule has 1 aromatic heterocycles. The number of carbonyl (C=O) groups is 1. The number of nitrogens with zero attached hydrogens (tertiary/aromatic N) is 4. The van der Waals surface area contributed by atoms with Gasteiger partial charge in [-0.1, -0.05) is 30.3 Å². The molecule has 0 N–H and O–H groups in total. The van der Waals surface area contributed by atoms with E-state index in [1.807, 2.05) is 23.1 Å². The van der Waals surface area contributed by atoms with E-state index >= 15 is 0 Å². The van der Waals surface area contributed by atoms with Gasteiger partial charge in [0, 0.05) is 45.2 Å². The number of hydrogen-bond donors (Lipinski definition) is 0. The van der Waals surface area contributed by atoms with Crippen LogP contribution in [0.25, 0.3) is 0 Å². The summed E-state index contributed by atoms with van der Waals surface area (Å²) in [7, 11) is 2.14. The van der Waals surface area contributed by atoms with Crippen LogP contribution in [0.3, 0.4) is 0 Å². The SMILES string of the molecule is Cc1ccccc1C1CN(C(=O)c2cccc(N3CCN(C)CC3)n2)C1. The third kappa shape index (κ3) is 3.31. The van der Waals surface area contributed by atoms with Gasteiger partial charge in [0.15, 0.2) is 0 Å². The first-order chi connectivity index (χ1) is 12.6. The van der Waals surface area contributed by atoms with Gasteiger partial charge >= 0.3 is 0 Å². The van der Waals surface area contributed by atoms with Crippen molar-refractivity contribution in [3.8, 4) is 0 Å². The van der Waals surface area contributed by atoms with Gasteiger partial charge in [-0.15, -0.1) is 0 Å². The Bertz CT molecular complexity index is 792. The van der Waals surface area contributed by atoms with Gasteiger partial charge in [-0.25, -0.2) is 4.98 Å². The third-order valence-electron chi connectivity index (χ3n) is 5.58. The first-order valence-electron chi connectivity index (χ1n) is 9.37. The molecule has 5 heteroatoms. The van der Waals surface area contributed by atoms with Crippen LogP contribution in [0.15, 0.2) is 42.5 Å². The van der Waals surface area contributed by atoms with Crippen LogP contribution in [0.2, 0.25) is 0 Å². The largest absolute Gasteiger partial charge is 0.354 e. The van der Waals surface area contributed by atoms with E-state index in [1.54, 1.807) is 0 Å². The fourth-order valence-electron chi connectivity index (χ4n) is 3.80. The Morgan fingerprint density at radius 1 is 1.00 bits per heavy atom. The van der Waals surface area contributed by atoms with Crippen molar-refractivity contribution in [1.82, 2.24) is 14.8 Å². The zero-order valence-electron chi connectivity index (χ0n) is 15.6. The number of aryl methyl sites for hydroxylation is 1. The monoisotopic (exact) mass is 350 g/mol. The summed E-state index contributed by atoms with van der Waals surface area (Å²) in [5, 5.41) is 0. The summed E-state index contributed by atoms with van der Waals surface area (Å²) in [6, 6.07) is 14.3. The zero-order valence-corrected chi connectivity index (χ0v) is 15.6. The molecule has 0 atom stereocenters. The molecule has 136 valence electrons. The molecule has 4 rings (SSSR count). The number of aromatic nitrogens is 1. The van der Waals surface area contributed by atoms with Gasteiger partial charge in [-0.3, -0.25) is 4.79 Å². The maximum Gasteiger partial charge on any atom is 0.272 e. The summed E-state index contributed by atoms with van der Waals surface area (Å²) >= 11 is 0. The fourth-order valence-corrected chi connectivity index (χ4v) is 3.80. The highest BCUT2D eigenvalue weighted by Crippen LogP contribution is 2.30. The quantitative estimate of drug-likeness (QED) is 0.852. The Labute approximate surface area is 155 Å². The van der Waals surface area contributed by atoms with Crippen LogP contribution in [-0.4, -0.2) is 67.0 Å². The van der Waals surface area contributed by atoms with E-state index in [-0.39, 0.29) is 5.91 Å². The molecule has 0 spiro atoms. The summed E-state index contributed by atoms with van der Waals surface area (Å²) in [4.78, 5) is 24.0. The molecule has 26 heavy (non-hydrogen) atoms. The zero-order chi connectivity index (χ0) is 18.1. The van der Waals surface area contributed by atoms with Gasteiger partial charge < -0.3 is 14.7 Å². The van der Waals surface area contributed by atoms with Crippen LogP contribution in [0.4, 0.5) is 5.82 Å². The van der Waals surface area contributed by atoms with Crippen molar-refractivity contribution >= 4 is 11.7 Å². The number of anilines is 1. The lowest BCUT2D eigenvalue weighted by atomic mass is 9.88. The summed E-state index contributed by atoms with van der Waals surface area (Å²) in [5.41, 5.74) is 3.22. The number of carbonyl (C=O) groups excluding carboxylic acids is 1. The lowest BCUT2D eigenvalue weighted by molar-refractivity contribution is 0.0595. The molecule has 0 aliphatic carbocycles. The van der Waals surface area contributed by atoms with Gasteiger partial charge in [0.1, 0.15) is 11.5 Å². The molecular weight excluding hydrogens is 324 g/mol. The maximum atomic E-state index is 12.8. The van der Waals surface area contributed by atoms with Gasteiger partial charge in [0.2, 0.25) is 0 Å². The third-order valence-corrected chi connectivity index (χ3v) is 5.58. The van der Waals surface area contributed by atoms with Gasteiger partial charge in [0.25, 0.3) is 5.91 Å². The van der Waals surface area contributed by atoms with Crippen molar-refractivity contribution in [1.29, 1.82) is 0 Å². The smallest absolute Gasteiger partial charge is 0.272 e. The first-order valence-corrected chi connectivity index (χ1v) is 9.37. The molecule has 2 saturated heterocycles. The molecule has 3 heterocycles. The highest BCUT2D eigenvalue weighted by atomic mass is 16.2. The standard InChI is InChI=1S/C21H26N4O/c1-16-6-3-4-7-18(16)17-14-25(15-17)21(26)19-8-5-9-20(22-19)24-12-10-23(2)11-13-24/h3-9,17H,10-15H2,1-2H3. The maximum absolute atomic E-state index is 12.8. The van der Waals surface area contributed by atoms with Crippen molar-refractivity contribution in [2.75, 3.05) is 51.2 Å². The Morgan fingerprint density at radius 3 is 2.46 bits per heavy atom. The number of pyridine rings is 1. The minimum atomic E-state index is 0.0470. The average molecular weight is 350 g/mol. The van der Waals surface area contributed by atoms with E-state index in [1.165, 1.54) is 11.1 Å². The van der Waals surface area contributed by atoms with E-state index in [9.17, 15) is 4.79 Å². The highest BCUT2D eigenvalue weighted by molar-refractivity contribution is 5.93. The van der Waals surface area contributed by atoms with E-state index in [0.29, 0.717) is 11.6 Å². The van der Waals surface area contributed by atoms with Crippen LogP contribution in [0.1, 0.15) is 27.5 Å². The summed E-state index contributed by atoms with van der Waals surface area (Å²) in [5.74, 6) is 1.41. The summed E-state index contributed by atoms with van der Waals surface area (Å²) in [6.45, 7) is 7.68. The van der Waals surface area contributed by atoms with Crippen LogP contribution in [-0.2, 0) is 0 Å². The molecular formula is C21H26N4O. The first kappa shape index (κ1) is 17.0. The number of rotatable bonds is 3. The molecule has 1 aromatic carbocycles. The van der Waals surface area contributed by atoms with Crippen LogP contribution < -0.4 is 4.90 Å². The van der Waals surface area contributed by atoms with E-state index in [2.05, 4.69) is 53.0 Å². The predicted molar refractivity (Wildman–Crippen MR) is 104 cm³/mol. The van der Waals surface area contributed by atoms with Gasteiger partial charge in [-0.2, -0.15) is 0 Å². The molecule has 2 fully saturated rings. The summed E-state index contributed by atoms with van der Waals surface area (Å²) < 4.78 is 0. The van der Waals surface area contributed by atoms with Crippen molar-refractivity contribution in [3.63, 3.8) is 0 Å². The number of benzene rings is 1. The molecule has 0 radical (unpaired) electrons. The average Bonchev–Trinajstić information content (AvgIpc) is 2.63. The molecule has 0 bridgehead atoms. The van der Waals surface area contributed by atoms with Crippen LogP contribution >= 0.6 is 0 Å². The van der Waals surface area contributed by atoms with E-state index in [4.69, 9.17) is 0 Å². The minimum absolute atomic E-state index is 0.0470. The summed E-state index contributed by atoms with van der Waals surface area (Å²) in [6.07, 6.45) is 0. The van der Waals surface area contributed by atoms with Crippen molar-refractivity contribution in [3.05, 3.63) is 59.3 Å². The topological polar surface area (TPSA) is 39.7 Å². The van der Waals surface area contributed by atoms with Crippen LogP contribution in [0.5, 0.6) is 0 Å². The number of piperazine rings is 1. The van der Waals surface area contributed by atoms with Crippen molar-refractivity contribution < 1.29 is 4.79 Å². The molecule has 2 aliphatic rings. The predicted octanol–water partition coefficient (Wildman–Crippen LogP) is 2.38. The fraction of sp³-hybridized carbons (Fsp3) is 0.429. The van der Waals surface area contributed by atoms with Gasteiger partial charge in [0.05, 0.1) is 0 Å². The molecule has 5 nitrogen and oxygen atoms in total. The Morgan fingerprint density at radius 2 is 1.73 bits per heavy atom. The highest BCUT2D eigenvalue weighted by Gasteiger charge is 2.33. The lowest BCUT2D eigenvalue weighted by Crippen LogP contribution is -2.49. The van der Waals surface area contributed by atoms with E-state index < -0.39 is 0 Å². The number of amides is 1. The number of likely N-dealkylation sites (N-methyl/N-ethyl adjacent to an activating group) is 1.